The van der Waals surface area contributed by atoms with Crippen molar-refractivity contribution in [2.24, 2.45) is 5.41 Å². The van der Waals surface area contributed by atoms with Crippen LogP contribution in [-0.4, -0.2) is 31.6 Å². The van der Waals surface area contributed by atoms with Gasteiger partial charge in [-0.1, -0.05) is 26.0 Å². The molecule has 24 heavy (non-hydrogen) atoms. The van der Waals surface area contributed by atoms with Gasteiger partial charge in [0.1, 0.15) is 0 Å². The highest BCUT2D eigenvalue weighted by Gasteiger charge is 2.47. The predicted molar refractivity (Wildman–Crippen MR) is 91.6 cm³/mol. The van der Waals surface area contributed by atoms with Gasteiger partial charge in [0.2, 0.25) is 5.91 Å². The summed E-state index contributed by atoms with van der Waals surface area (Å²) in [5.74, 6) is -0.263. The Morgan fingerprint density at radius 1 is 1.17 bits per heavy atom. The lowest BCUT2D eigenvalue weighted by Gasteiger charge is -2.36. The van der Waals surface area contributed by atoms with E-state index in [0.29, 0.717) is 5.56 Å². The number of carbonyl (C=O) groups is 2. The van der Waals surface area contributed by atoms with Crippen molar-refractivity contribution in [3.63, 3.8) is 0 Å². The minimum atomic E-state index is -0.343. The van der Waals surface area contributed by atoms with Gasteiger partial charge >= 0.3 is 5.97 Å². The Balaban J connectivity index is 1.68. The van der Waals surface area contributed by atoms with Crippen molar-refractivity contribution < 1.29 is 14.3 Å². The summed E-state index contributed by atoms with van der Waals surface area (Å²) >= 11 is 0. The monoisotopic (exact) mass is 330 g/mol. The number of hydrogen-bond acceptors (Lipinski definition) is 4. The molecule has 0 unspecified atom stereocenters. The van der Waals surface area contributed by atoms with Crippen LogP contribution in [0.15, 0.2) is 24.3 Å². The van der Waals surface area contributed by atoms with Crippen molar-refractivity contribution in [3.8, 4) is 0 Å². The lowest BCUT2D eigenvalue weighted by Crippen LogP contribution is -2.52. The number of nitrogens with one attached hydrogen (secondary N) is 2. The second-order valence-electron chi connectivity index (χ2n) is 7.77. The molecule has 5 nitrogen and oxygen atoms in total. The van der Waals surface area contributed by atoms with Crippen LogP contribution in [0.25, 0.3) is 0 Å². The molecule has 1 aromatic rings. The van der Waals surface area contributed by atoms with Crippen molar-refractivity contribution in [1.29, 1.82) is 0 Å². The highest BCUT2D eigenvalue weighted by Crippen LogP contribution is 2.45. The smallest absolute Gasteiger partial charge is 0.337 e. The van der Waals surface area contributed by atoms with Crippen molar-refractivity contribution >= 4 is 11.9 Å². The first-order valence-electron chi connectivity index (χ1n) is 8.60. The van der Waals surface area contributed by atoms with Crippen molar-refractivity contribution in [3.05, 3.63) is 35.4 Å². The molecule has 1 amide bonds. The Hall–Kier alpha value is -1.88. The summed E-state index contributed by atoms with van der Waals surface area (Å²) in [7, 11) is 1.37. The maximum atomic E-state index is 12.7. The summed E-state index contributed by atoms with van der Waals surface area (Å²) in [4.78, 5) is 24.2. The molecule has 0 radical (unpaired) electrons. The third-order valence-electron chi connectivity index (χ3n) is 5.24. The Bertz CT molecular complexity index is 633. The molecule has 0 spiro atoms. The van der Waals surface area contributed by atoms with Crippen LogP contribution in [0, 0.1) is 5.41 Å². The second kappa shape index (κ2) is 6.20. The predicted octanol–water partition coefficient (Wildman–Crippen LogP) is 2.36. The molecule has 3 rings (SSSR count). The highest BCUT2D eigenvalue weighted by atomic mass is 16.5. The van der Waals surface area contributed by atoms with Crippen molar-refractivity contribution in [2.75, 3.05) is 13.7 Å². The number of hydrogen-bond donors (Lipinski definition) is 2. The van der Waals surface area contributed by atoms with E-state index < -0.39 is 0 Å². The molecular formula is C19H26N2O3. The van der Waals surface area contributed by atoms with Gasteiger partial charge in [0.25, 0.3) is 0 Å². The minimum Gasteiger partial charge on any atom is -0.465 e. The van der Waals surface area contributed by atoms with Crippen LogP contribution in [0.1, 0.15) is 55.5 Å². The number of esters is 1. The fourth-order valence-electron chi connectivity index (χ4n) is 3.47. The van der Waals surface area contributed by atoms with Gasteiger partial charge in [-0.3, -0.25) is 4.79 Å². The minimum absolute atomic E-state index is 0.0809. The topological polar surface area (TPSA) is 67.4 Å². The van der Waals surface area contributed by atoms with Crippen LogP contribution in [0.3, 0.4) is 0 Å². The molecule has 2 N–H and O–H groups in total. The standard InChI is InChI=1S/C19H26N2O3/c1-18(2)10-11-20-15(12-18)16(22)21-19(8-9-19)14-6-4-13(5-7-14)17(23)24-3/h4-7,15,20H,8-12H2,1-3H3,(H,21,22)/t15-/m1/s1. The molecule has 1 heterocycles. The number of carbonyl (C=O) groups excluding carboxylic acids is 2. The Labute approximate surface area is 143 Å². The number of amides is 1. The molecule has 2 aliphatic rings. The van der Waals surface area contributed by atoms with Gasteiger partial charge in [-0.2, -0.15) is 0 Å². The SMILES string of the molecule is COC(=O)c1ccc(C2(NC(=O)[C@H]3CC(C)(C)CCN3)CC2)cc1. The van der Waals surface area contributed by atoms with E-state index in [0.717, 1.165) is 37.8 Å². The Kier molecular flexibility index (Phi) is 4.38. The third-order valence-corrected chi connectivity index (χ3v) is 5.24. The quantitative estimate of drug-likeness (QED) is 0.832. The first kappa shape index (κ1) is 17.0. The van der Waals surface area contributed by atoms with E-state index in [4.69, 9.17) is 4.74 Å². The number of ether oxygens (including phenoxy) is 1. The lowest BCUT2D eigenvalue weighted by molar-refractivity contribution is -0.125. The lowest BCUT2D eigenvalue weighted by atomic mass is 9.79. The van der Waals surface area contributed by atoms with E-state index in [1.54, 1.807) is 12.1 Å². The van der Waals surface area contributed by atoms with Crippen LogP contribution < -0.4 is 10.6 Å². The zero-order valence-corrected chi connectivity index (χ0v) is 14.6. The molecule has 1 saturated heterocycles. The molecular weight excluding hydrogens is 304 g/mol. The molecule has 1 aliphatic heterocycles. The van der Waals surface area contributed by atoms with E-state index >= 15 is 0 Å². The average molecular weight is 330 g/mol. The summed E-state index contributed by atoms with van der Waals surface area (Å²) in [6.07, 6.45) is 3.83. The molecule has 0 bridgehead atoms. The van der Waals surface area contributed by atoms with Crippen LogP contribution in [0.5, 0.6) is 0 Å². The molecule has 5 heteroatoms. The largest absolute Gasteiger partial charge is 0.465 e. The fraction of sp³-hybridized carbons (Fsp3) is 0.579. The molecule has 130 valence electrons. The Morgan fingerprint density at radius 2 is 1.83 bits per heavy atom. The maximum Gasteiger partial charge on any atom is 0.337 e. The van der Waals surface area contributed by atoms with Gasteiger partial charge < -0.3 is 15.4 Å². The third kappa shape index (κ3) is 3.46. The summed E-state index contributed by atoms with van der Waals surface area (Å²) in [5, 5.41) is 6.57. The molecule has 1 aliphatic carbocycles. The van der Waals surface area contributed by atoms with Crippen LogP contribution in [0.4, 0.5) is 0 Å². The zero-order valence-electron chi connectivity index (χ0n) is 14.6. The number of benzene rings is 1. The summed E-state index contributed by atoms with van der Waals surface area (Å²) < 4.78 is 4.72. The maximum absolute atomic E-state index is 12.7. The first-order valence-corrected chi connectivity index (χ1v) is 8.60. The van der Waals surface area contributed by atoms with Gasteiger partial charge in [0, 0.05) is 0 Å². The number of methoxy groups -OCH3 is 1. The van der Waals surface area contributed by atoms with E-state index in [1.165, 1.54) is 7.11 Å². The van der Waals surface area contributed by atoms with Crippen LogP contribution >= 0.6 is 0 Å². The van der Waals surface area contributed by atoms with Crippen molar-refractivity contribution in [1.82, 2.24) is 10.6 Å². The van der Waals surface area contributed by atoms with Crippen LogP contribution in [0.2, 0.25) is 0 Å². The van der Waals surface area contributed by atoms with Gasteiger partial charge in [0.05, 0.1) is 24.3 Å². The summed E-state index contributed by atoms with van der Waals surface area (Å²) in [5.41, 5.74) is 1.51. The Morgan fingerprint density at radius 3 is 2.38 bits per heavy atom. The first-order chi connectivity index (χ1) is 11.4. The van der Waals surface area contributed by atoms with Gasteiger partial charge in [-0.25, -0.2) is 4.79 Å². The number of rotatable bonds is 4. The molecule has 2 fully saturated rings. The molecule has 1 atom stereocenters. The van der Waals surface area contributed by atoms with Gasteiger partial charge in [-0.05, 0) is 55.3 Å². The normalized spacial score (nSPS) is 24.0. The number of piperidine rings is 1. The molecule has 1 saturated carbocycles. The summed E-state index contributed by atoms with van der Waals surface area (Å²) in [6, 6.07) is 7.22. The molecule has 1 aromatic carbocycles. The van der Waals surface area contributed by atoms with Gasteiger partial charge in [0.15, 0.2) is 0 Å². The fourth-order valence-corrected chi connectivity index (χ4v) is 3.47. The average Bonchev–Trinajstić information content (AvgIpc) is 3.34. The highest BCUT2D eigenvalue weighted by molar-refractivity contribution is 5.89. The van der Waals surface area contributed by atoms with E-state index in [2.05, 4.69) is 24.5 Å². The zero-order chi connectivity index (χ0) is 17.4. The second-order valence-corrected chi connectivity index (χ2v) is 7.77. The van der Waals surface area contributed by atoms with E-state index in [9.17, 15) is 9.59 Å². The van der Waals surface area contributed by atoms with E-state index in [1.807, 2.05) is 12.1 Å². The van der Waals surface area contributed by atoms with E-state index in [-0.39, 0.29) is 28.9 Å². The van der Waals surface area contributed by atoms with Gasteiger partial charge in [-0.15, -0.1) is 0 Å². The summed E-state index contributed by atoms with van der Waals surface area (Å²) in [6.45, 7) is 5.31. The van der Waals surface area contributed by atoms with Crippen LogP contribution in [-0.2, 0) is 15.1 Å². The van der Waals surface area contributed by atoms with Crippen molar-refractivity contribution in [2.45, 2.75) is 51.1 Å². The molecule has 0 aromatic heterocycles.